The summed E-state index contributed by atoms with van der Waals surface area (Å²) in [5.74, 6) is 0.249. The number of carbonyl (C=O) groups is 1. The van der Waals surface area contributed by atoms with Crippen molar-refractivity contribution in [1.29, 1.82) is 0 Å². The highest BCUT2D eigenvalue weighted by Gasteiger charge is 2.22. The van der Waals surface area contributed by atoms with Crippen LogP contribution in [-0.4, -0.2) is 40.2 Å². The molecule has 1 amide bonds. The molecule has 1 aromatic rings. The quantitative estimate of drug-likeness (QED) is 0.791. The van der Waals surface area contributed by atoms with Crippen molar-refractivity contribution in [3.8, 4) is 0 Å². The summed E-state index contributed by atoms with van der Waals surface area (Å²) in [6.07, 6.45) is 5.46. The van der Waals surface area contributed by atoms with Gasteiger partial charge in [0.2, 0.25) is 5.91 Å². The number of nitrogens with zero attached hydrogens (tertiary/aromatic N) is 3. The number of rotatable bonds is 3. The molecule has 0 aliphatic carbocycles. The average Bonchev–Trinajstić information content (AvgIpc) is 2.66. The Morgan fingerprint density at radius 3 is 3.00 bits per heavy atom. The Morgan fingerprint density at radius 2 is 2.38 bits per heavy atom. The smallest absolute Gasteiger partial charge is 0.222 e. The first-order valence-electron chi connectivity index (χ1n) is 5.60. The van der Waals surface area contributed by atoms with E-state index in [4.69, 9.17) is 0 Å². The summed E-state index contributed by atoms with van der Waals surface area (Å²) in [5.41, 5.74) is 1.18. The van der Waals surface area contributed by atoms with Gasteiger partial charge in [0, 0.05) is 51.4 Å². The van der Waals surface area contributed by atoms with Gasteiger partial charge in [-0.3, -0.25) is 9.48 Å². The van der Waals surface area contributed by atoms with Crippen LogP contribution in [0.4, 0.5) is 0 Å². The molecule has 16 heavy (non-hydrogen) atoms. The predicted octanol–water partition coefficient (Wildman–Crippen LogP) is 0.130. The normalized spacial score (nSPS) is 21.5. The van der Waals surface area contributed by atoms with Crippen molar-refractivity contribution in [2.24, 2.45) is 7.05 Å². The van der Waals surface area contributed by atoms with E-state index in [9.17, 15) is 4.79 Å². The number of likely N-dealkylation sites (N-methyl/N-ethyl adjacent to an activating group) is 1. The summed E-state index contributed by atoms with van der Waals surface area (Å²) in [6, 6.07) is 0.405. The molecule has 1 aliphatic heterocycles. The molecule has 1 aromatic heterocycles. The molecule has 0 saturated carbocycles. The Morgan fingerprint density at radius 1 is 1.56 bits per heavy atom. The van der Waals surface area contributed by atoms with Crippen LogP contribution < -0.4 is 5.32 Å². The van der Waals surface area contributed by atoms with Crippen LogP contribution in [0.3, 0.4) is 0 Å². The van der Waals surface area contributed by atoms with Crippen molar-refractivity contribution in [3.05, 3.63) is 18.0 Å². The van der Waals surface area contributed by atoms with Gasteiger partial charge in [-0.1, -0.05) is 0 Å². The number of aromatic nitrogens is 2. The van der Waals surface area contributed by atoms with E-state index in [0.29, 0.717) is 12.5 Å². The SMILES string of the molecule is CN1CC(NCc2cnn(C)c2)CCC1=O. The van der Waals surface area contributed by atoms with Crippen LogP contribution in [0.5, 0.6) is 0 Å². The molecule has 5 heteroatoms. The highest BCUT2D eigenvalue weighted by atomic mass is 16.2. The topological polar surface area (TPSA) is 50.2 Å². The summed E-state index contributed by atoms with van der Waals surface area (Å²) < 4.78 is 1.80. The maximum absolute atomic E-state index is 11.3. The van der Waals surface area contributed by atoms with Gasteiger partial charge in [-0.05, 0) is 6.42 Å². The summed E-state index contributed by atoms with van der Waals surface area (Å²) >= 11 is 0. The second-order valence-corrected chi connectivity index (χ2v) is 4.41. The molecule has 5 nitrogen and oxygen atoms in total. The zero-order chi connectivity index (χ0) is 11.5. The Hall–Kier alpha value is -1.36. The van der Waals surface area contributed by atoms with Crippen molar-refractivity contribution in [2.45, 2.75) is 25.4 Å². The molecular weight excluding hydrogens is 204 g/mol. The summed E-state index contributed by atoms with van der Waals surface area (Å²) in [4.78, 5) is 13.1. The average molecular weight is 222 g/mol. The molecule has 2 rings (SSSR count). The maximum Gasteiger partial charge on any atom is 0.222 e. The molecular formula is C11H18N4O. The van der Waals surface area contributed by atoms with E-state index < -0.39 is 0 Å². The third-order valence-electron chi connectivity index (χ3n) is 2.98. The predicted molar refractivity (Wildman–Crippen MR) is 60.7 cm³/mol. The number of hydrogen-bond acceptors (Lipinski definition) is 3. The number of amides is 1. The van der Waals surface area contributed by atoms with Crippen molar-refractivity contribution < 1.29 is 4.79 Å². The lowest BCUT2D eigenvalue weighted by atomic mass is 10.1. The van der Waals surface area contributed by atoms with E-state index >= 15 is 0 Å². The number of piperidine rings is 1. The molecule has 0 spiro atoms. The highest BCUT2D eigenvalue weighted by molar-refractivity contribution is 5.76. The number of carbonyl (C=O) groups excluding carboxylic acids is 1. The third-order valence-corrected chi connectivity index (χ3v) is 2.98. The van der Waals surface area contributed by atoms with Gasteiger partial charge in [0.05, 0.1) is 6.20 Å². The minimum atomic E-state index is 0.249. The molecule has 0 bridgehead atoms. The van der Waals surface area contributed by atoms with Gasteiger partial charge in [-0.25, -0.2) is 0 Å². The van der Waals surface area contributed by atoms with Crippen LogP contribution >= 0.6 is 0 Å². The second kappa shape index (κ2) is 4.65. The molecule has 1 saturated heterocycles. The van der Waals surface area contributed by atoms with Gasteiger partial charge in [0.25, 0.3) is 0 Å². The van der Waals surface area contributed by atoms with Gasteiger partial charge in [-0.15, -0.1) is 0 Å². The minimum Gasteiger partial charge on any atom is -0.344 e. The summed E-state index contributed by atoms with van der Waals surface area (Å²) in [7, 11) is 3.77. The van der Waals surface area contributed by atoms with Crippen LogP contribution in [0.2, 0.25) is 0 Å². The Bertz CT molecular complexity index is 374. The van der Waals surface area contributed by atoms with E-state index in [1.807, 2.05) is 26.5 Å². The third kappa shape index (κ3) is 2.61. The van der Waals surface area contributed by atoms with Gasteiger partial charge >= 0.3 is 0 Å². The molecule has 1 aliphatic rings. The summed E-state index contributed by atoms with van der Waals surface area (Å²) in [5, 5.41) is 7.57. The first-order valence-corrected chi connectivity index (χ1v) is 5.60. The number of nitrogens with one attached hydrogen (secondary N) is 1. The fraction of sp³-hybridized carbons (Fsp3) is 0.636. The van der Waals surface area contributed by atoms with Gasteiger partial charge in [0.1, 0.15) is 0 Å². The van der Waals surface area contributed by atoms with Crippen LogP contribution in [-0.2, 0) is 18.4 Å². The molecule has 1 fully saturated rings. The van der Waals surface area contributed by atoms with E-state index in [2.05, 4.69) is 10.4 Å². The Kier molecular flexibility index (Phi) is 3.24. The molecule has 1 N–H and O–H groups in total. The van der Waals surface area contributed by atoms with Gasteiger partial charge in [-0.2, -0.15) is 5.10 Å². The van der Waals surface area contributed by atoms with Crippen LogP contribution in [0.15, 0.2) is 12.4 Å². The van der Waals surface area contributed by atoms with Crippen molar-refractivity contribution in [1.82, 2.24) is 20.0 Å². The van der Waals surface area contributed by atoms with Crippen molar-refractivity contribution in [2.75, 3.05) is 13.6 Å². The monoisotopic (exact) mass is 222 g/mol. The lowest BCUT2D eigenvalue weighted by molar-refractivity contribution is -0.132. The number of hydrogen-bond donors (Lipinski definition) is 1. The van der Waals surface area contributed by atoms with E-state index in [0.717, 1.165) is 19.5 Å². The van der Waals surface area contributed by atoms with Gasteiger partial charge < -0.3 is 10.2 Å². The first kappa shape index (κ1) is 11.1. The molecule has 1 unspecified atom stereocenters. The zero-order valence-electron chi connectivity index (χ0n) is 9.81. The molecule has 2 heterocycles. The minimum absolute atomic E-state index is 0.249. The van der Waals surface area contributed by atoms with Crippen LogP contribution in [0.25, 0.3) is 0 Å². The van der Waals surface area contributed by atoms with Crippen molar-refractivity contribution >= 4 is 5.91 Å². The fourth-order valence-electron chi connectivity index (χ4n) is 2.00. The largest absolute Gasteiger partial charge is 0.344 e. The maximum atomic E-state index is 11.3. The lowest BCUT2D eigenvalue weighted by Gasteiger charge is -2.30. The van der Waals surface area contributed by atoms with Gasteiger partial charge in [0.15, 0.2) is 0 Å². The number of aryl methyl sites for hydroxylation is 1. The Labute approximate surface area is 95.4 Å². The van der Waals surface area contributed by atoms with Crippen LogP contribution in [0.1, 0.15) is 18.4 Å². The molecule has 0 aromatic carbocycles. The fourth-order valence-corrected chi connectivity index (χ4v) is 2.00. The van der Waals surface area contributed by atoms with Crippen molar-refractivity contribution in [3.63, 3.8) is 0 Å². The van der Waals surface area contributed by atoms with E-state index in [1.54, 1.807) is 9.58 Å². The molecule has 0 radical (unpaired) electrons. The standard InChI is InChI=1S/C11H18N4O/c1-14-8-10(3-4-11(14)16)12-5-9-6-13-15(2)7-9/h6-7,10,12H,3-5,8H2,1-2H3. The molecule has 1 atom stereocenters. The highest BCUT2D eigenvalue weighted by Crippen LogP contribution is 2.10. The molecule has 88 valence electrons. The first-order chi connectivity index (χ1) is 7.65. The van der Waals surface area contributed by atoms with E-state index in [-0.39, 0.29) is 5.91 Å². The lowest BCUT2D eigenvalue weighted by Crippen LogP contribution is -2.46. The zero-order valence-corrected chi connectivity index (χ0v) is 9.81. The van der Waals surface area contributed by atoms with Crippen LogP contribution in [0, 0.1) is 0 Å². The summed E-state index contributed by atoms with van der Waals surface area (Å²) in [6.45, 7) is 1.62. The van der Waals surface area contributed by atoms with E-state index in [1.165, 1.54) is 5.56 Å². The number of likely N-dealkylation sites (tertiary alicyclic amines) is 1. The Balaban J connectivity index is 1.80. The second-order valence-electron chi connectivity index (χ2n) is 4.41.